The maximum Gasteiger partial charge on any atom is -0.0109 e. The molecule has 0 bridgehead atoms. The predicted octanol–water partition coefficient (Wildman–Crippen LogP) is 5.98. The lowest BCUT2D eigenvalue weighted by Crippen LogP contribution is -2.54. The predicted molar refractivity (Wildman–Crippen MR) is 96.0 cm³/mol. The van der Waals surface area contributed by atoms with Crippen LogP contribution in [0.25, 0.3) is 5.32 Å². The number of allylic oxidation sites excluding steroid dienone is 4. The first-order valence-electron chi connectivity index (χ1n) is 9.30. The molecule has 2 saturated carbocycles. The van der Waals surface area contributed by atoms with E-state index in [1.165, 1.54) is 31.3 Å². The van der Waals surface area contributed by atoms with E-state index in [0.717, 1.165) is 35.5 Å². The van der Waals surface area contributed by atoms with Gasteiger partial charge in [0, 0.05) is 0 Å². The second-order valence-corrected chi connectivity index (χ2v) is 8.80. The standard InChI is InChI=1S/C21H34N/c1-13(2)11-16-12-15(4)17-9-10-21(5,22-6)18-8-7-14(3)19(16)20(17)18/h7,11,15-20H,8-10,12H2,1-6H3/q-1/t15-,16+,17+,18-,19-,20+,21-/m0/s1. The lowest BCUT2D eigenvalue weighted by Gasteiger charge is -2.64. The van der Waals surface area contributed by atoms with Crippen molar-refractivity contribution in [2.75, 3.05) is 7.05 Å². The van der Waals surface area contributed by atoms with E-state index < -0.39 is 0 Å². The summed E-state index contributed by atoms with van der Waals surface area (Å²) in [5, 5.41) is 4.88. The fourth-order valence-electron chi connectivity index (χ4n) is 6.15. The van der Waals surface area contributed by atoms with Gasteiger partial charge in [0.25, 0.3) is 0 Å². The first-order chi connectivity index (χ1) is 10.4. The first kappa shape index (κ1) is 16.3. The van der Waals surface area contributed by atoms with Crippen LogP contribution in [0.5, 0.6) is 0 Å². The topological polar surface area (TPSA) is 14.1 Å². The Balaban J connectivity index is 2.02. The van der Waals surface area contributed by atoms with Gasteiger partial charge in [0.15, 0.2) is 0 Å². The highest BCUT2D eigenvalue weighted by atomic mass is 15.0. The highest BCUT2D eigenvalue weighted by molar-refractivity contribution is 5.25. The maximum absolute atomic E-state index is 4.88. The van der Waals surface area contributed by atoms with Crippen molar-refractivity contribution in [1.29, 1.82) is 0 Å². The number of hydrogen-bond donors (Lipinski definition) is 0. The van der Waals surface area contributed by atoms with E-state index in [2.05, 4.69) is 53.8 Å². The Morgan fingerprint density at radius 1 is 1.36 bits per heavy atom. The van der Waals surface area contributed by atoms with Gasteiger partial charge in [-0.1, -0.05) is 50.0 Å². The molecule has 0 aromatic carbocycles. The monoisotopic (exact) mass is 300 g/mol. The summed E-state index contributed by atoms with van der Waals surface area (Å²) in [6.45, 7) is 11.9. The third kappa shape index (κ3) is 2.50. The SMILES string of the molecule is C[N-][C@@]1(C)CC[C@H]2[C@H]3[C@@H](C(C)=CC[C@@H]31)[C@H](C=C(C)C)C[C@@H]2C. The van der Waals surface area contributed by atoms with Gasteiger partial charge >= 0.3 is 0 Å². The Kier molecular flexibility index (Phi) is 4.31. The van der Waals surface area contributed by atoms with Gasteiger partial charge in [-0.25, -0.2) is 0 Å². The molecule has 22 heavy (non-hydrogen) atoms. The van der Waals surface area contributed by atoms with Gasteiger partial charge in [-0.3, -0.25) is 0 Å². The van der Waals surface area contributed by atoms with Crippen LogP contribution in [0.4, 0.5) is 0 Å². The van der Waals surface area contributed by atoms with E-state index in [4.69, 9.17) is 5.32 Å². The van der Waals surface area contributed by atoms with Crippen molar-refractivity contribution < 1.29 is 0 Å². The summed E-state index contributed by atoms with van der Waals surface area (Å²) < 4.78 is 0. The molecule has 124 valence electrons. The second kappa shape index (κ2) is 5.82. The summed E-state index contributed by atoms with van der Waals surface area (Å²) in [6, 6.07) is 0. The van der Waals surface area contributed by atoms with Crippen LogP contribution in [0, 0.1) is 35.5 Å². The van der Waals surface area contributed by atoms with Crippen molar-refractivity contribution >= 4 is 0 Å². The summed E-state index contributed by atoms with van der Waals surface area (Å²) in [7, 11) is 2.06. The molecular weight excluding hydrogens is 266 g/mol. The van der Waals surface area contributed by atoms with Crippen LogP contribution in [-0.2, 0) is 0 Å². The number of nitrogens with zero attached hydrogens (tertiary/aromatic N) is 1. The molecule has 0 aliphatic heterocycles. The zero-order valence-corrected chi connectivity index (χ0v) is 15.4. The van der Waals surface area contributed by atoms with Crippen molar-refractivity contribution in [2.24, 2.45) is 35.5 Å². The van der Waals surface area contributed by atoms with Gasteiger partial charge in [-0.2, -0.15) is 7.05 Å². The third-order valence-electron chi connectivity index (χ3n) is 7.27. The minimum Gasteiger partial charge on any atom is -0.659 e. The molecule has 7 atom stereocenters. The average Bonchev–Trinajstić information content (AvgIpc) is 2.45. The van der Waals surface area contributed by atoms with Crippen molar-refractivity contribution in [3.05, 3.63) is 28.6 Å². The highest BCUT2D eigenvalue weighted by Gasteiger charge is 2.52. The second-order valence-electron chi connectivity index (χ2n) is 8.80. The molecule has 1 heteroatoms. The van der Waals surface area contributed by atoms with E-state index >= 15 is 0 Å². The van der Waals surface area contributed by atoms with Gasteiger partial charge in [0.05, 0.1) is 0 Å². The molecule has 3 aliphatic carbocycles. The summed E-state index contributed by atoms with van der Waals surface area (Å²) >= 11 is 0. The molecule has 0 heterocycles. The van der Waals surface area contributed by atoms with E-state index in [9.17, 15) is 0 Å². The van der Waals surface area contributed by atoms with E-state index in [-0.39, 0.29) is 5.54 Å². The first-order valence-corrected chi connectivity index (χ1v) is 9.30. The number of hydrogen-bond acceptors (Lipinski definition) is 0. The van der Waals surface area contributed by atoms with Crippen LogP contribution in [0.3, 0.4) is 0 Å². The van der Waals surface area contributed by atoms with Gasteiger partial charge in [0.2, 0.25) is 0 Å². The zero-order chi connectivity index (χ0) is 16.1. The van der Waals surface area contributed by atoms with Crippen LogP contribution < -0.4 is 0 Å². The maximum atomic E-state index is 4.88. The molecule has 1 nitrogen and oxygen atoms in total. The zero-order valence-electron chi connectivity index (χ0n) is 15.4. The lowest BCUT2D eigenvalue weighted by molar-refractivity contribution is -0.0285. The third-order valence-corrected chi connectivity index (χ3v) is 7.27. The van der Waals surface area contributed by atoms with E-state index in [1.54, 1.807) is 5.57 Å². The minimum atomic E-state index is 0.212. The molecule has 0 aromatic rings. The van der Waals surface area contributed by atoms with Gasteiger partial charge in [0.1, 0.15) is 0 Å². The molecule has 0 spiro atoms. The Hall–Kier alpha value is -0.560. The molecule has 3 rings (SSSR count). The van der Waals surface area contributed by atoms with Crippen molar-refractivity contribution in [2.45, 2.75) is 65.8 Å². The molecule has 0 saturated heterocycles. The minimum absolute atomic E-state index is 0.212. The van der Waals surface area contributed by atoms with E-state index in [0.29, 0.717) is 0 Å². The molecule has 0 amide bonds. The largest absolute Gasteiger partial charge is 0.659 e. The smallest absolute Gasteiger partial charge is 0.0109 e. The normalized spacial score (nSPS) is 47.5. The Morgan fingerprint density at radius 3 is 2.73 bits per heavy atom. The summed E-state index contributed by atoms with van der Waals surface area (Å²) in [5.74, 6) is 4.94. The summed E-state index contributed by atoms with van der Waals surface area (Å²) in [5.41, 5.74) is 3.37. The average molecular weight is 301 g/mol. The van der Waals surface area contributed by atoms with Crippen LogP contribution >= 0.6 is 0 Å². The van der Waals surface area contributed by atoms with Crippen LogP contribution in [0.15, 0.2) is 23.3 Å². The molecule has 0 aromatic heterocycles. The summed E-state index contributed by atoms with van der Waals surface area (Å²) in [6.07, 6.45) is 10.5. The van der Waals surface area contributed by atoms with Crippen molar-refractivity contribution in [1.82, 2.24) is 0 Å². The molecular formula is C21H34N-. The lowest BCUT2D eigenvalue weighted by atomic mass is 9.47. The molecule has 0 unspecified atom stereocenters. The van der Waals surface area contributed by atoms with Gasteiger partial charge < -0.3 is 5.32 Å². The molecule has 0 radical (unpaired) electrons. The fourth-order valence-corrected chi connectivity index (χ4v) is 6.15. The molecule has 0 N–H and O–H groups in total. The Labute approximate surface area is 137 Å². The quantitative estimate of drug-likeness (QED) is 0.557. The summed E-state index contributed by atoms with van der Waals surface area (Å²) in [4.78, 5) is 0. The van der Waals surface area contributed by atoms with Gasteiger partial charge in [-0.15, -0.1) is 5.54 Å². The Morgan fingerprint density at radius 2 is 2.09 bits per heavy atom. The Bertz CT molecular complexity index is 484. The fraction of sp³-hybridized carbons (Fsp3) is 0.810. The molecule has 2 fully saturated rings. The van der Waals surface area contributed by atoms with Crippen LogP contribution in [-0.4, -0.2) is 12.6 Å². The van der Waals surface area contributed by atoms with Crippen LogP contribution in [0.1, 0.15) is 60.3 Å². The molecule has 3 aliphatic rings. The highest BCUT2D eigenvalue weighted by Crippen LogP contribution is 2.60. The van der Waals surface area contributed by atoms with E-state index in [1.807, 2.05) is 0 Å². The van der Waals surface area contributed by atoms with Crippen molar-refractivity contribution in [3.8, 4) is 0 Å². The van der Waals surface area contributed by atoms with Crippen LogP contribution in [0.2, 0.25) is 0 Å². The number of rotatable bonds is 2. The van der Waals surface area contributed by atoms with Crippen molar-refractivity contribution in [3.63, 3.8) is 0 Å². The van der Waals surface area contributed by atoms with Gasteiger partial charge in [-0.05, 0) is 69.1 Å².